The van der Waals surface area contributed by atoms with Gasteiger partial charge in [0.25, 0.3) is 0 Å². The molecule has 0 saturated heterocycles. The molecule has 0 spiro atoms. The summed E-state index contributed by atoms with van der Waals surface area (Å²) in [7, 11) is 0. The maximum Gasteiger partial charge on any atom is 0.173 e. The van der Waals surface area contributed by atoms with Gasteiger partial charge in [-0.1, -0.05) is 53.2 Å². The highest BCUT2D eigenvalue weighted by atomic mass is 35.5. The Morgan fingerprint density at radius 1 is 0.944 bits per heavy atom. The fourth-order valence-electron chi connectivity index (χ4n) is 4.64. The van der Waals surface area contributed by atoms with Crippen LogP contribution in [0.3, 0.4) is 0 Å². The van der Waals surface area contributed by atoms with Crippen molar-refractivity contribution in [2.24, 2.45) is 0 Å². The molecule has 0 saturated carbocycles. The molecule has 3 aromatic carbocycles. The summed E-state index contributed by atoms with van der Waals surface area (Å²) < 4.78 is 59.2. The van der Waals surface area contributed by atoms with Gasteiger partial charge >= 0.3 is 0 Å². The van der Waals surface area contributed by atoms with Crippen LogP contribution < -0.4 is 0 Å². The molecular formula is C27H20Cl2F4N2S. The monoisotopic (exact) mass is 550 g/mol. The minimum Gasteiger partial charge on any atom is -0.288 e. The van der Waals surface area contributed by atoms with E-state index in [0.717, 1.165) is 47.5 Å². The molecule has 1 aliphatic carbocycles. The lowest BCUT2D eigenvalue weighted by Gasteiger charge is -2.26. The molecule has 2 nitrogen and oxygen atoms in total. The zero-order chi connectivity index (χ0) is 25.6. The Labute approximate surface area is 220 Å². The number of aromatic nitrogens is 2. The van der Waals surface area contributed by atoms with E-state index < -0.39 is 23.3 Å². The summed E-state index contributed by atoms with van der Waals surface area (Å²) in [6, 6.07) is 11.5. The summed E-state index contributed by atoms with van der Waals surface area (Å²) in [4.78, 5) is 4.76. The molecule has 186 valence electrons. The number of imidazole rings is 1. The number of nitrogens with zero attached hydrogens (tertiary/aromatic N) is 2. The van der Waals surface area contributed by atoms with Gasteiger partial charge in [0.15, 0.2) is 16.8 Å². The van der Waals surface area contributed by atoms with Crippen molar-refractivity contribution in [3.8, 4) is 5.69 Å². The number of rotatable bonds is 5. The molecule has 1 heterocycles. The number of thioether (sulfide) groups is 1. The Bertz CT molecular complexity index is 1450. The molecule has 0 fully saturated rings. The van der Waals surface area contributed by atoms with Gasteiger partial charge in [0, 0.05) is 39.4 Å². The van der Waals surface area contributed by atoms with Crippen LogP contribution in [0.4, 0.5) is 17.6 Å². The largest absolute Gasteiger partial charge is 0.288 e. The van der Waals surface area contributed by atoms with Crippen LogP contribution >= 0.6 is 35.0 Å². The molecular weight excluding hydrogens is 531 g/mol. The maximum absolute atomic E-state index is 15.1. The van der Waals surface area contributed by atoms with Gasteiger partial charge in [0.2, 0.25) is 0 Å². The molecule has 0 N–H and O–H groups in total. The predicted molar refractivity (Wildman–Crippen MR) is 135 cm³/mol. The first-order chi connectivity index (χ1) is 17.2. The van der Waals surface area contributed by atoms with Crippen LogP contribution in [-0.2, 0) is 12.2 Å². The standard InChI is InChI=1S/C27H20Cl2F4N2S/c1-14-10-15(8-9-18(14)28)16-4-2-7-24-26(16)35(25-12-22(32)21(31)11-23(25)33)27(34-24)36-13-17-19(29)5-3-6-20(17)30/h3,5-6,8-12,16H,2,4,7,13H2,1H3. The summed E-state index contributed by atoms with van der Waals surface area (Å²) in [5.41, 5.74) is 3.45. The molecule has 1 atom stereocenters. The van der Waals surface area contributed by atoms with Crippen molar-refractivity contribution in [1.29, 1.82) is 0 Å². The van der Waals surface area contributed by atoms with E-state index in [1.165, 1.54) is 12.1 Å². The Morgan fingerprint density at radius 3 is 2.47 bits per heavy atom. The molecule has 1 aliphatic rings. The fourth-order valence-corrected chi connectivity index (χ4v) is 6.13. The first-order valence-corrected chi connectivity index (χ1v) is 13.1. The topological polar surface area (TPSA) is 17.8 Å². The van der Waals surface area contributed by atoms with E-state index in [0.29, 0.717) is 28.4 Å². The van der Waals surface area contributed by atoms with Crippen LogP contribution in [0.1, 0.15) is 46.8 Å². The molecule has 36 heavy (non-hydrogen) atoms. The second-order valence-electron chi connectivity index (χ2n) is 8.72. The SMILES string of the molecule is Cc1cc(C2CCCc3nc(SCc4c(F)cccc4Cl)n(-c4cc(F)c(F)cc4F)c32)ccc1Cl. The number of benzene rings is 3. The molecule has 1 unspecified atom stereocenters. The highest BCUT2D eigenvalue weighted by Gasteiger charge is 2.31. The van der Waals surface area contributed by atoms with E-state index in [9.17, 15) is 13.2 Å². The summed E-state index contributed by atoms with van der Waals surface area (Å²) in [5, 5.41) is 1.24. The van der Waals surface area contributed by atoms with Crippen molar-refractivity contribution < 1.29 is 17.6 Å². The lowest BCUT2D eigenvalue weighted by molar-refractivity contribution is 0.490. The quantitative estimate of drug-likeness (QED) is 0.140. The van der Waals surface area contributed by atoms with Crippen LogP contribution in [-0.4, -0.2) is 9.55 Å². The van der Waals surface area contributed by atoms with E-state index in [1.807, 2.05) is 25.1 Å². The van der Waals surface area contributed by atoms with E-state index in [-0.39, 0.29) is 27.9 Å². The van der Waals surface area contributed by atoms with E-state index in [1.54, 1.807) is 10.6 Å². The third-order valence-electron chi connectivity index (χ3n) is 6.42. The predicted octanol–water partition coefficient (Wildman–Crippen LogP) is 8.80. The third-order valence-corrected chi connectivity index (χ3v) is 8.16. The molecule has 0 aliphatic heterocycles. The van der Waals surface area contributed by atoms with Crippen LogP contribution in [0.25, 0.3) is 5.69 Å². The van der Waals surface area contributed by atoms with Crippen LogP contribution in [0.2, 0.25) is 10.0 Å². The van der Waals surface area contributed by atoms with Crippen LogP contribution in [0.5, 0.6) is 0 Å². The first-order valence-electron chi connectivity index (χ1n) is 11.3. The Morgan fingerprint density at radius 2 is 1.72 bits per heavy atom. The van der Waals surface area contributed by atoms with Gasteiger partial charge in [0.05, 0.1) is 17.1 Å². The van der Waals surface area contributed by atoms with Crippen molar-refractivity contribution in [1.82, 2.24) is 9.55 Å². The molecule has 5 rings (SSSR count). The van der Waals surface area contributed by atoms with Crippen molar-refractivity contribution in [3.63, 3.8) is 0 Å². The second kappa shape index (κ2) is 10.1. The number of fused-ring (bicyclic) bond motifs is 1. The summed E-state index contributed by atoms with van der Waals surface area (Å²) in [6.45, 7) is 1.90. The van der Waals surface area contributed by atoms with Crippen molar-refractivity contribution in [3.05, 3.63) is 110 Å². The molecule has 4 aromatic rings. The van der Waals surface area contributed by atoms with Gasteiger partial charge in [-0.05, 0) is 55.5 Å². The van der Waals surface area contributed by atoms with Gasteiger partial charge in [-0.2, -0.15) is 0 Å². The minimum absolute atomic E-state index is 0.122. The van der Waals surface area contributed by atoms with E-state index >= 15 is 4.39 Å². The van der Waals surface area contributed by atoms with Gasteiger partial charge in [-0.15, -0.1) is 0 Å². The maximum atomic E-state index is 15.1. The zero-order valence-electron chi connectivity index (χ0n) is 19.1. The molecule has 0 bridgehead atoms. The smallest absolute Gasteiger partial charge is 0.173 e. The van der Waals surface area contributed by atoms with Gasteiger partial charge in [-0.3, -0.25) is 4.57 Å². The second-order valence-corrected chi connectivity index (χ2v) is 10.5. The molecule has 0 amide bonds. The van der Waals surface area contributed by atoms with E-state index in [4.69, 9.17) is 28.2 Å². The van der Waals surface area contributed by atoms with Crippen molar-refractivity contribution in [2.45, 2.75) is 43.0 Å². The minimum atomic E-state index is -1.28. The fraction of sp³-hybridized carbons (Fsp3) is 0.222. The molecule has 0 radical (unpaired) electrons. The van der Waals surface area contributed by atoms with Crippen LogP contribution in [0.15, 0.2) is 53.7 Å². The summed E-state index contributed by atoms with van der Waals surface area (Å²) in [6.07, 6.45) is 2.25. The average Bonchev–Trinajstić information content (AvgIpc) is 3.21. The highest BCUT2D eigenvalue weighted by molar-refractivity contribution is 7.98. The summed E-state index contributed by atoms with van der Waals surface area (Å²) in [5.74, 6) is -3.88. The normalized spacial score (nSPS) is 15.2. The number of hydrogen-bond acceptors (Lipinski definition) is 2. The highest BCUT2D eigenvalue weighted by Crippen LogP contribution is 2.42. The Kier molecular flexibility index (Phi) is 7.07. The number of aryl methyl sites for hydroxylation is 2. The van der Waals surface area contributed by atoms with Gasteiger partial charge < -0.3 is 0 Å². The Balaban J connectivity index is 1.68. The number of hydrogen-bond donors (Lipinski definition) is 0. The third kappa shape index (κ3) is 4.64. The number of halogens is 6. The van der Waals surface area contributed by atoms with E-state index in [2.05, 4.69) is 0 Å². The molecule has 1 aromatic heterocycles. The van der Waals surface area contributed by atoms with Gasteiger partial charge in [-0.25, -0.2) is 22.5 Å². The summed E-state index contributed by atoms with van der Waals surface area (Å²) >= 11 is 13.6. The Hall–Kier alpha value is -2.48. The zero-order valence-corrected chi connectivity index (χ0v) is 21.4. The first kappa shape index (κ1) is 25.2. The average molecular weight is 551 g/mol. The molecule has 9 heteroatoms. The lowest BCUT2D eigenvalue weighted by Crippen LogP contribution is -2.16. The van der Waals surface area contributed by atoms with Crippen molar-refractivity contribution >= 4 is 35.0 Å². The van der Waals surface area contributed by atoms with Gasteiger partial charge in [0.1, 0.15) is 11.6 Å². The lowest BCUT2D eigenvalue weighted by atomic mass is 9.83. The van der Waals surface area contributed by atoms with Crippen LogP contribution in [0, 0.1) is 30.2 Å². The van der Waals surface area contributed by atoms with Crippen molar-refractivity contribution in [2.75, 3.05) is 0 Å².